The number of thiophene rings is 1. The van der Waals surface area contributed by atoms with Crippen molar-refractivity contribution in [1.82, 2.24) is 9.55 Å². The van der Waals surface area contributed by atoms with Crippen molar-refractivity contribution in [3.63, 3.8) is 0 Å². The summed E-state index contributed by atoms with van der Waals surface area (Å²) in [6, 6.07) is 2.60. The molecule has 6 heteroatoms. The first-order chi connectivity index (χ1) is 9.08. The molecule has 0 unspecified atom stereocenters. The van der Waals surface area contributed by atoms with Crippen LogP contribution in [-0.4, -0.2) is 9.55 Å². The smallest absolute Gasteiger partial charge is 0.184 e. The van der Waals surface area contributed by atoms with Crippen LogP contribution in [0.5, 0.6) is 0 Å². The van der Waals surface area contributed by atoms with E-state index in [-0.39, 0.29) is 5.52 Å². The van der Waals surface area contributed by atoms with E-state index < -0.39 is 11.6 Å². The molecule has 1 N–H and O–H groups in total. The number of fused-ring (bicyclic) bond motifs is 1. The number of aromatic amines is 1. The van der Waals surface area contributed by atoms with E-state index in [2.05, 4.69) is 4.98 Å². The first-order valence-electron chi connectivity index (χ1n) is 5.66. The molecule has 0 radical (unpaired) electrons. The molecule has 2 nitrogen and oxygen atoms in total. The van der Waals surface area contributed by atoms with Crippen molar-refractivity contribution in [1.29, 1.82) is 0 Å². The van der Waals surface area contributed by atoms with Crippen LogP contribution in [0.4, 0.5) is 8.78 Å². The van der Waals surface area contributed by atoms with Gasteiger partial charge in [0, 0.05) is 0 Å². The van der Waals surface area contributed by atoms with Gasteiger partial charge in [0.1, 0.15) is 5.52 Å². The largest absolute Gasteiger partial charge is 0.330 e. The molecule has 0 spiro atoms. The summed E-state index contributed by atoms with van der Waals surface area (Å²) in [5, 5.41) is 4.01. The monoisotopic (exact) mass is 296 g/mol. The number of halogens is 2. The highest BCUT2D eigenvalue weighted by Crippen LogP contribution is 2.23. The fourth-order valence-electron chi connectivity index (χ4n) is 2.06. The van der Waals surface area contributed by atoms with E-state index >= 15 is 0 Å². The second-order valence-corrected chi connectivity index (χ2v) is 5.48. The van der Waals surface area contributed by atoms with Crippen molar-refractivity contribution in [2.75, 3.05) is 0 Å². The lowest BCUT2D eigenvalue weighted by Gasteiger charge is -2.05. The Morgan fingerprint density at radius 2 is 2.11 bits per heavy atom. The van der Waals surface area contributed by atoms with E-state index in [9.17, 15) is 8.78 Å². The van der Waals surface area contributed by atoms with Gasteiger partial charge < -0.3 is 9.55 Å². The number of nitrogens with zero attached hydrogens (tertiary/aromatic N) is 1. The Morgan fingerprint density at radius 1 is 1.32 bits per heavy atom. The maximum atomic E-state index is 13.9. The highest BCUT2D eigenvalue weighted by atomic mass is 32.1. The molecule has 3 aromatic rings. The summed E-state index contributed by atoms with van der Waals surface area (Å²) in [6.07, 6.45) is 0. The van der Waals surface area contributed by atoms with Crippen molar-refractivity contribution < 1.29 is 8.78 Å². The second-order valence-electron chi connectivity index (χ2n) is 4.35. The van der Waals surface area contributed by atoms with Crippen LogP contribution >= 0.6 is 23.6 Å². The topological polar surface area (TPSA) is 20.7 Å². The van der Waals surface area contributed by atoms with Crippen molar-refractivity contribution >= 4 is 34.6 Å². The second kappa shape index (κ2) is 4.54. The Hall–Kier alpha value is -1.53. The van der Waals surface area contributed by atoms with Gasteiger partial charge in [-0.15, -0.1) is 0 Å². The highest BCUT2D eigenvalue weighted by molar-refractivity contribution is 7.71. The van der Waals surface area contributed by atoms with Crippen LogP contribution in [0.2, 0.25) is 0 Å². The number of nitrogens with one attached hydrogen (secondary N) is 1. The van der Waals surface area contributed by atoms with E-state index in [0.29, 0.717) is 16.8 Å². The van der Waals surface area contributed by atoms with Gasteiger partial charge in [-0.3, -0.25) is 0 Å². The van der Waals surface area contributed by atoms with Gasteiger partial charge in [-0.2, -0.15) is 11.3 Å². The summed E-state index contributed by atoms with van der Waals surface area (Å²) < 4.78 is 29.3. The maximum Gasteiger partial charge on any atom is 0.184 e. The molecule has 2 heterocycles. The number of hydrogen-bond acceptors (Lipinski definition) is 2. The van der Waals surface area contributed by atoms with Crippen LogP contribution in [0.1, 0.15) is 11.1 Å². The molecule has 0 amide bonds. The van der Waals surface area contributed by atoms with E-state index in [1.54, 1.807) is 15.9 Å². The minimum atomic E-state index is -0.864. The van der Waals surface area contributed by atoms with Gasteiger partial charge in [0.15, 0.2) is 16.4 Å². The third-order valence-corrected chi connectivity index (χ3v) is 4.35. The summed E-state index contributed by atoms with van der Waals surface area (Å²) in [5.74, 6) is -1.73. The van der Waals surface area contributed by atoms with Crippen LogP contribution in [0.25, 0.3) is 11.0 Å². The predicted molar refractivity (Wildman–Crippen MR) is 75.2 cm³/mol. The molecule has 0 aliphatic carbocycles. The van der Waals surface area contributed by atoms with Gasteiger partial charge in [0.05, 0.1) is 12.1 Å². The highest BCUT2D eigenvalue weighted by Gasteiger charge is 2.14. The van der Waals surface area contributed by atoms with Crippen molar-refractivity contribution in [2.45, 2.75) is 13.5 Å². The Kier molecular flexibility index (Phi) is 2.99. The molecule has 0 aliphatic rings. The van der Waals surface area contributed by atoms with E-state index in [1.807, 2.05) is 17.7 Å². The number of hydrogen-bond donors (Lipinski definition) is 1. The SMILES string of the molecule is Cc1cscc1Cn1c(=S)[nH]c2ccc(F)c(F)c21. The molecular weight excluding hydrogens is 286 g/mol. The van der Waals surface area contributed by atoms with E-state index in [4.69, 9.17) is 12.2 Å². The Bertz CT molecular complexity index is 814. The fraction of sp³-hybridized carbons (Fsp3) is 0.154. The molecule has 3 rings (SSSR count). The quantitative estimate of drug-likeness (QED) is 0.695. The number of rotatable bonds is 2. The summed E-state index contributed by atoms with van der Waals surface area (Å²) in [7, 11) is 0. The lowest BCUT2D eigenvalue weighted by Crippen LogP contribution is -2.02. The molecule has 0 atom stereocenters. The van der Waals surface area contributed by atoms with Crippen LogP contribution in [0, 0.1) is 23.3 Å². The van der Waals surface area contributed by atoms with Gasteiger partial charge in [0.2, 0.25) is 0 Å². The first-order valence-corrected chi connectivity index (χ1v) is 7.01. The molecule has 1 aromatic carbocycles. The number of H-pyrrole nitrogens is 1. The molecule has 19 heavy (non-hydrogen) atoms. The standard InChI is InChI=1S/C13H10F2N2S2/c1-7-5-19-6-8(7)4-17-12-10(16-13(17)18)3-2-9(14)11(12)15/h2-3,5-6H,4H2,1H3,(H,16,18). The third kappa shape index (κ3) is 2.01. The molecule has 0 fully saturated rings. The minimum absolute atomic E-state index is 0.190. The zero-order chi connectivity index (χ0) is 13.6. The van der Waals surface area contributed by atoms with Crippen molar-refractivity contribution in [2.24, 2.45) is 0 Å². The Labute approximate surface area is 117 Å². The van der Waals surface area contributed by atoms with Crippen LogP contribution in [-0.2, 0) is 6.54 Å². The third-order valence-electron chi connectivity index (χ3n) is 3.12. The molecule has 0 saturated carbocycles. The van der Waals surface area contributed by atoms with Crippen LogP contribution in [0.15, 0.2) is 22.9 Å². The van der Waals surface area contributed by atoms with Crippen LogP contribution < -0.4 is 0 Å². The molecule has 0 aliphatic heterocycles. The number of benzene rings is 1. The number of aromatic nitrogens is 2. The lowest BCUT2D eigenvalue weighted by molar-refractivity contribution is 0.512. The molecule has 0 saturated heterocycles. The average Bonchev–Trinajstić information content (AvgIpc) is 2.91. The Balaban J connectivity index is 2.23. The van der Waals surface area contributed by atoms with Gasteiger partial charge in [0.25, 0.3) is 0 Å². The summed E-state index contributed by atoms with van der Waals surface area (Å²) in [6.45, 7) is 2.43. The van der Waals surface area contributed by atoms with E-state index in [1.165, 1.54) is 6.07 Å². The lowest BCUT2D eigenvalue weighted by atomic mass is 10.2. The molecule has 2 aromatic heterocycles. The number of aryl methyl sites for hydroxylation is 1. The first kappa shape index (κ1) is 12.5. The van der Waals surface area contributed by atoms with Crippen LogP contribution in [0.3, 0.4) is 0 Å². The number of imidazole rings is 1. The maximum absolute atomic E-state index is 13.9. The predicted octanol–water partition coefficient (Wildman–Crippen LogP) is 4.40. The van der Waals surface area contributed by atoms with Gasteiger partial charge in [-0.1, -0.05) is 0 Å². The summed E-state index contributed by atoms with van der Waals surface area (Å²) in [4.78, 5) is 2.90. The zero-order valence-electron chi connectivity index (χ0n) is 10.0. The molecule has 98 valence electrons. The van der Waals surface area contributed by atoms with Gasteiger partial charge in [-0.05, 0) is 53.2 Å². The normalized spacial score (nSPS) is 11.3. The Morgan fingerprint density at radius 3 is 2.79 bits per heavy atom. The van der Waals surface area contributed by atoms with E-state index in [0.717, 1.165) is 17.2 Å². The summed E-state index contributed by atoms with van der Waals surface area (Å²) in [5.41, 5.74) is 2.89. The summed E-state index contributed by atoms with van der Waals surface area (Å²) >= 11 is 6.78. The minimum Gasteiger partial charge on any atom is -0.330 e. The fourth-order valence-corrected chi connectivity index (χ4v) is 3.17. The van der Waals surface area contributed by atoms with Crippen molar-refractivity contribution in [3.8, 4) is 0 Å². The molecule has 0 bridgehead atoms. The van der Waals surface area contributed by atoms with Crippen molar-refractivity contribution in [3.05, 3.63) is 50.4 Å². The average molecular weight is 296 g/mol. The van der Waals surface area contributed by atoms with Gasteiger partial charge >= 0.3 is 0 Å². The van der Waals surface area contributed by atoms with Gasteiger partial charge in [-0.25, -0.2) is 8.78 Å². The zero-order valence-corrected chi connectivity index (χ0v) is 11.7. The molecular formula is C13H10F2N2S2.